The number of hydrogen-bond donors (Lipinski definition) is 2. The van der Waals surface area contributed by atoms with Crippen LogP contribution in [0.5, 0.6) is 0 Å². The number of rotatable bonds is 10. The highest BCUT2D eigenvalue weighted by atomic mass is 32.2. The Balaban J connectivity index is 3.89. The minimum Gasteiger partial charge on any atom is -0.481 e. The monoisotopic (exact) mass is 268 g/mol. The zero-order valence-corrected chi connectivity index (χ0v) is 11.0. The molecule has 0 heterocycles. The minimum absolute atomic E-state index is 0.0455. The average molecular weight is 268 g/mol. The van der Waals surface area contributed by atoms with Crippen molar-refractivity contribution in [2.45, 2.75) is 19.8 Å². The van der Waals surface area contributed by atoms with Gasteiger partial charge < -0.3 is 9.84 Å². The zero-order valence-electron chi connectivity index (χ0n) is 10.2. The molecule has 0 unspecified atom stereocenters. The Morgan fingerprint density at radius 3 is 2.65 bits per heavy atom. The van der Waals surface area contributed by atoms with Crippen molar-refractivity contribution in [1.82, 2.24) is 9.03 Å². The van der Waals surface area contributed by atoms with E-state index < -0.39 is 16.2 Å². The summed E-state index contributed by atoms with van der Waals surface area (Å²) in [6, 6.07) is 0. The second-order valence-corrected chi connectivity index (χ2v) is 5.28. The smallest absolute Gasteiger partial charge is 0.304 e. The summed E-state index contributed by atoms with van der Waals surface area (Å²) in [6.45, 7) is 3.20. The summed E-state index contributed by atoms with van der Waals surface area (Å²) in [5, 5.41) is 8.44. The van der Waals surface area contributed by atoms with Crippen LogP contribution in [-0.4, -0.2) is 57.1 Å². The number of aliphatic carboxylic acids is 1. The zero-order chi connectivity index (χ0) is 13.3. The third kappa shape index (κ3) is 8.08. The lowest BCUT2D eigenvalue weighted by molar-refractivity contribution is -0.137. The van der Waals surface area contributed by atoms with Gasteiger partial charge in [-0.2, -0.15) is 12.7 Å². The molecule has 102 valence electrons. The van der Waals surface area contributed by atoms with E-state index in [1.807, 2.05) is 6.92 Å². The van der Waals surface area contributed by atoms with E-state index in [9.17, 15) is 13.2 Å². The Hall–Kier alpha value is -0.700. The SMILES string of the molecule is CCOCCCNS(=O)(=O)N(C)CCC(=O)O. The Bertz CT molecular complexity index is 317. The van der Waals surface area contributed by atoms with Crippen LogP contribution >= 0.6 is 0 Å². The van der Waals surface area contributed by atoms with Gasteiger partial charge >= 0.3 is 5.97 Å². The van der Waals surface area contributed by atoms with Gasteiger partial charge in [0, 0.05) is 33.4 Å². The second kappa shape index (κ2) is 8.40. The molecular formula is C9H20N2O5S. The lowest BCUT2D eigenvalue weighted by Gasteiger charge is -2.16. The van der Waals surface area contributed by atoms with Crippen molar-refractivity contribution in [3.63, 3.8) is 0 Å². The molecular weight excluding hydrogens is 248 g/mol. The maximum Gasteiger partial charge on any atom is 0.304 e. The summed E-state index contributed by atoms with van der Waals surface area (Å²) in [4.78, 5) is 10.3. The normalized spacial score (nSPS) is 11.9. The van der Waals surface area contributed by atoms with Crippen molar-refractivity contribution in [3.8, 4) is 0 Å². The molecule has 0 amide bonds. The van der Waals surface area contributed by atoms with E-state index in [4.69, 9.17) is 9.84 Å². The second-order valence-electron chi connectivity index (χ2n) is 3.42. The summed E-state index contributed by atoms with van der Waals surface area (Å²) in [5.74, 6) is -1.02. The first-order chi connectivity index (χ1) is 7.90. The molecule has 7 nitrogen and oxygen atoms in total. The number of nitrogens with zero attached hydrogens (tertiary/aromatic N) is 1. The molecule has 0 aromatic carbocycles. The average Bonchev–Trinajstić information content (AvgIpc) is 2.25. The Kier molecular flexibility index (Phi) is 8.05. The van der Waals surface area contributed by atoms with Crippen LogP contribution in [0, 0.1) is 0 Å². The molecule has 0 rings (SSSR count). The minimum atomic E-state index is -3.58. The first-order valence-electron chi connectivity index (χ1n) is 5.40. The molecule has 0 radical (unpaired) electrons. The van der Waals surface area contributed by atoms with E-state index in [-0.39, 0.29) is 19.5 Å². The fourth-order valence-electron chi connectivity index (χ4n) is 1.00. The van der Waals surface area contributed by atoms with Crippen LogP contribution < -0.4 is 4.72 Å². The third-order valence-corrected chi connectivity index (χ3v) is 3.58. The summed E-state index contributed by atoms with van der Waals surface area (Å²) in [5.41, 5.74) is 0. The molecule has 17 heavy (non-hydrogen) atoms. The van der Waals surface area contributed by atoms with Gasteiger partial charge in [0.25, 0.3) is 10.2 Å². The van der Waals surface area contributed by atoms with Gasteiger partial charge in [0.15, 0.2) is 0 Å². The van der Waals surface area contributed by atoms with Crippen molar-refractivity contribution in [2.24, 2.45) is 0 Å². The van der Waals surface area contributed by atoms with Crippen molar-refractivity contribution < 1.29 is 23.1 Å². The van der Waals surface area contributed by atoms with Crippen LogP contribution in [0.15, 0.2) is 0 Å². The van der Waals surface area contributed by atoms with Crippen LogP contribution in [0.25, 0.3) is 0 Å². The number of carbonyl (C=O) groups is 1. The molecule has 0 aliphatic heterocycles. The molecule has 0 saturated carbocycles. The fraction of sp³-hybridized carbons (Fsp3) is 0.889. The molecule has 0 aromatic heterocycles. The predicted molar refractivity (Wildman–Crippen MR) is 62.9 cm³/mol. The van der Waals surface area contributed by atoms with Crippen molar-refractivity contribution >= 4 is 16.2 Å². The first kappa shape index (κ1) is 16.3. The number of ether oxygens (including phenoxy) is 1. The maximum atomic E-state index is 11.6. The van der Waals surface area contributed by atoms with Gasteiger partial charge in [0.2, 0.25) is 0 Å². The van der Waals surface area contributed by atoms with Gasteiger partial charge in [0.05, 0.1) is 6.42 Å². The summed E-state index contributed by atoms with van der Waals surface area (Å²) in [6.07, 6.45) is 0.371. The van der Waals surface area contributed by atoms with Crippen LogP contribution in [-0.2, 0) is 19.7 Å². The van der Waals surface area contributed by atoms with Gasteiger partial charge in [-0.1, -0.05) is 0 Å². The van der Waals surface area contributed by atoms with Crippen molar-refractivity contribution in [2.75, 3.05) is 33.4 Å². The standard InChI is InChI=1S/C9H20N2O5S/c1-3-16-8-4-6-10-17(14,15)11(2)7-5-9(12)13/h10H,3-8H2,1-2H3,(H,12,13). The lowest BCUT2D eigenvalue weighted by Crippen LogP contribution is -2.39. The Morgan fingerprint density at radius 2 is 2.12 bits per heavy atom. The molecule has 0 atom stereocenters. The van der Waals surface area contributed by atoms with Gasteiger partial charge in [-0.05, 0) is 13.3 Å². The predicted octanol–water partition coefficient (Wildman–Crippen LogP) is -0.346. The largest absolute Gasteiger partial charge is 0.481 e. The first-order valence-corrected chi connectivity index (χ1v) is 6.84. The van der Waals surface area contributed by atoms with Crippen LogP contribution in [0.1, 0.15) is 19.8 Å². The van der Waals surface area contributed by atoms with Crippen LogP contribution in [0.2, 0.25) is 0 Å². The van der Waals surface area contributed by atoms with Crippen molar-refractivity contribution in [1.29, 1.82) is 0 Å². The summed E-state index contributed by atoms with van der Waals surface area (Å²) in [7, 11) is -2.24. The maximum absolute atomic E-state index is 11.6. The molecule has 0 spiro atoms. The molecule has 0 aliphatic rings. The van der Waals surface area contributed by atoms with Gasteiger partial charge in [-0.3, -0.25) is 4.79 Å². The number of carboxylic acid groups (broad SMARTS) is 1. The molecule has 0 saturated heterocycles. The quantitative estimate of drug-likeness (QED) is 0.528. The topological polar surface area (TPSA) is 95.9 Å². The highest BCUT2D eigenvalue weighted by molar-refractivity contribution is 7.87. The molecule has 2 N–H and O–H groups in total. The summed E-state index contributed by atoms with van der Waals surface area (Å²) < 4.78 is 31.5. The highest BCUT2D eigenvalue weighted by Gasteiger charge is 2.17. The third-order valence-electron chi connectivity index (χ3n) is 2.00. The fourth-order valence-corrected chi connectivity index (χ4v) is 1.96. The van der Waals surface area contributed by atoms with E-state index in [1.54, 1.807) is 0 Å². The van der Waals surface area contributed by atoms with E-state index >= 15 is 0 Å². The molecule has 0 bridgehead atoms. The van der Waals surface area contributed by atoms with E-state index in [1.165, 1.54) is 7.05 Å². The van der Waals surface area contributed by atoms with Crippen LogP contribution in [0.4, 0.5) is 0 Å². The number of hydrogen-bond acceptors (Lipinski definition) is 4. The Morgan fingerprint density at radius 1 is 1.47 bits per heavy atom. The molecule has 8 heteroatoms. The van der Waals surface area contributed by atoms with Gasteiger partial charge in [0.1, 0.15) is 0 Å². The van der Waals surface area contributed by atoms with Gasteiger partial charge in [-0.15, -0.1) is 0 Å². The Labute approximate surface area is 102 Å². The number of nitrogens with one attached hydrogen (secondary N) is 1. The number of carboxylic acids is 1. The summed E-state index contributed by atoms with van der Waals surface area (Å²) >= 11 is 0. The van der Waals surface area contributed by atoms with Crippen molar-refractivity contribution in [3.05, 3.63) is 0 Å². The molecule has 0 aliphatic carbocycles. The van der Waals surface area contributed by atoms with E-state index in [0.29, 0.717) is 19.6 Å². The molecule has 0 aromatic rings. The van der Waals surface area contributed by atoms with Gasteiger partial charge in [-0.25, -0.2) is 4.72 Å². The molecule has 0 fully saturated rings. The van der Waals surface area contributed by atoms with E-state index in [2.05, 4.69) is 4.72 Å². The van der Waals surface area contributed by atoms with Crippen LogP contribution in [0.3, 0.4) is 0 Å². The highest BCUT2D eigenvalue weighted by Crippen LogP contribution is 1.96. The van der Waals surface area contributed by atoms with E-state index in [0.717, 1.165) is 4.31 Å². The lowest BCUT2D eigenvalue weighted by atomic mass is 10.4.